The van der Waals surface area contributed by atoms with Crippen molar-refractivity contribution in [1.29, 1.82) is 0 Å². The molecule has 2 aromatic heterocycles. The molecule has 0 fully saturated rings. The second-order valence-electron chi connectivity index (χ2n) is 5.65. The summed E-state index contributed by atoms with van der Waals surface area (Å²) in [5.74, 6) is 1.87. The Morgan fingerprint density at radius 3 is 2.81 bits per heavy atom. The fraction of sp³-hybridized carbons (Fsp3) is 0.278. The predicted octanol–water partition coefficient (Wildman–Crippen LogP) is 3.92. The van der Waals surface area contributed by atoms with E-state index in [1.807, 2.05) is 18.2 Å². The number of benzene rings is 1. The maximum atomic E-state index is 5.90. The summed E-state index contributed by atoms with van der Waals surface area (Å²) in [6, 6.07) is 11.7. The molecule has 0 bridgehead atoms. The molecule has 26 heavy (non-hydrogen) atoms. The van der Waals surface area contributed by atoms with E-state index in [0.717, 1.165) is 11.5 Å². The van der Waals surface area contributed by atoms with Crippen LogP contribution in [0.1, 0.15) is 23.7 Å². The monoisotopic (exact) mass is 389 g/mol. The summed E-state index contributed by atoms with van der Waals surface area (Å²) in [6.45, 7) is 2.74. The Bertz CT molecular complexity index is 845. The molecular weight excluding hydrogens is 370 g/mol. The van der Waals surface area contributed by atoms with Crippen LogP contribution >= 0.6 is 22.9 Å². The van der Waals surface area contributed by atoms with E-state index >= 15 is 0 Å². The summed E-state index contributed by atoms with van der Waals surface area (Å²) in [7, 11) is 1.75. The zero-order valence-corrected chi connectivity index (χ0v) is 16.1. The molecule has 6 nitrogen and oxygen atoms in total. The van der Waals surface area contributed by atoms with Crippen LogP contribution in [0.2, 0.25) is 5.02 Å². The van der Waals surface area contributed by atoms with Gasteiger partial charge in [0.15, 0.2) is 5.96 Å². The Morgan fingerprint density at radius 2 is 2.12 bits per heavy atom. The van der Waals surface area contributed by atoms with E-state index in [0.29, 0.717) is 29.7 Å². The highest BCUT2D eigenvalue weighted by Gasteiger charge is 2.10. The lowest BCUT2D eigenvalue weighted by molar-refractivity contribution is 0.378. The maximum absolute atomic E-state index is 5.90. The number of halogens is 1. The molecule has 136 valence electrons. The Morgan fingerprint density at radius 1 is 1.31 bits per heavy atom. The molecule has 8 heteroatoms. The SMILES string of the molecule is CN=C(NCCc1nc(-c2ccc(Cl)cc2)no1)NC(C)c1cccs1. The molecular formula is C18H20ClN5OS. The first-order valence-corrected chi connectivity index (χ1v) is 9.50. The zero-order chi connectivity index (χ0) is 18.4. The largest absolute Gasteiger partial charge is 0.356 e. The first-order valence-electron chi connectivity index (χ1n) is 8.25. The van der Waals surface area contributed by atoms with Crippen LogP contribution in [0.3, 0.4) is 0 Å². The van der Waals surface area contributed by atoms with E-state index < -0.39 is 0 Å². The van der Waals surface area contributed by atoms with Gasteiger partial charge in [0.25, 0.3) is 0 Å². The number of aliphatic imine (C=N–C) groups is 1. The molecule has 3 aromatic rings. The minimum absolute atomic E-state index is 0.195. The summed E-state index contributed by atoms with van der Waals surface area (Å²) < 4.78 is 5.31. The summed E-state index contributed by atoms with van der Waals surface area (Å²) in [6.07, 6.45) is 0.606. The third-order valence-corrected chi connectivity index (χ3v) is 5.06. The smallest absolute Gasteiger partial charge is 0.228 e. The van der Waals surface area contributed by atoms with Gasteiger partial charge in [0.1, 0.15) is 0 Å². The molecule has 3 rings (SSSR count). The van der Waals surface area contributed by atoms with Crippen LogP contribution in [-0.4, -0.2) is 29.7 Å². The van der Waals surface area contributed by atoms with E-state index in [1.165, 1.54) is 4.88 Å². The standard InChI is InChI=1S/C18H20ClN5OS/c1-12(15-4-3-11-26-15)22-18(20-2)21-10-9-16-23-17(24-25-16)13-5-7-14(19)8-6-13/h3-8,11-12H,9-10H2,1-2H3,(H2,20,21,22). The molecule has 1 aromatic carbocycles. The van der Waals surface area contributed by atoms with Crippen molar-refractivity contribution in [2.75, 3.05) is 13.6 Å². The number of hydrogen-bond acceptors (Lipinski definition) is 5. The van der Waals surface area contributed by atoms with Crippen molar-refractivity contribution in [3.8, 4) is 11.4 Å². The van der Waals surface area contributed by atoms with Gasteiger partial charge in [0, 0.05) is 35.5 Å². The number of guanidine groups is 1. The maximum Gasteiger partial charge on any atom is 0.228 e. The van der Waals surface area contributed by atoms with Gasteiger partial charge in [-0.05, 0) is 42.6 Å². The van der Waals surface area contributed by atoms with Crippen molar-refractivity contribution in [1.82, 2.24) is 20.8 Å². The second kappa shape index (κ2) is 8.82. The van der Waals surface area contributed by atoms with Gasteiger partial charge in [-0.3, -0.25) is 4.99 Å². The van der Waals surface area contributed by atoms with Crippen LogP contribution in [0.15, 0.2) is 51.3 Å². The summed E-state index contributed by atoms with van der Waals surface area (Å²) >= 11 is 7.61. The predicted molar refractivity (Wildman–Crippen MR) is 106 cm³/mol. The minimum Gasteiger partial charge on any atom is -0.356 e. The van der Waals surface area contributed by atoms with Crippen LogP contribution in [0.25, 0.3) is 11.4 Å². The first kappa shape index (κ1) is 18.4. The van der Waals surface area contributed by atoms with E-state index in [9.17, 15) is 0 Å². The number of aromatic nitrogens is 2. The third kappa shape index (κ3) is 4.83. The lowest BCUT2D eigenvalue weighted by Gasteiger charge is -2.16. The second-order valence-corrected chi connectivity index (χ2v) is 7.06. The van der Waals surface area contributed by atoms with Gasteiger partial charge < -0.3 is 15.2 Å². The lowest BCUT2D eigenvalue weighted by Crippen LogP contribution is -2.39. The number of nitrogens with one attached hydrogen (secondary N) is 2. The normalized spacial score (nSPS) is 12.8. The summed E-state index contributed by atoms with van der Waals surface area (Å²) in [5, 5.41) is 13.4. The quantitative estimate of drug-likeness (QED) is 0.493. The first-order chi connectivity index (χ1) is 12.7. The van der Waals surface area contributed by atoms with Crippen molar-refractivity contribution < 1.29 is 4.52 Å². The summed E-state index contributed by atoms with van der Waals surface area (Å²) in [4.78, 5) is 9.93. The number of nitrogens with zero attached hydrogens (tertiary/aromatic N) is 3. The lowest BCUT2D eigenvalue weighted by atomic mass is 10.2. The van der Waals surface area contributed by atoms with Crippen molar-refractivity contribution in [2.24, 2.45) is 4.99 Å². The van der Waals surface area contributed by atoms with Gasteiger partial charge in [0.05, 0.1) is 6.04 Å². The van der Waals surface area contributed by atoms with Crippen LogP contribution in [0.4, 0.5) is 0 Å². The van der Waals surface area contributed by atoms with Gasteiger partial charge in [-0.1, -0.05) is 22.8 Å². The van der Waals surface area contributed by atoms with Crippen molar-refractivity contribution in [3.05, 3.63) is 57.6 Å². The highest BCUT2D eigenvalue weighted by molar-refractivity contribution is 7.10. The highest BCUT2D eigenvalue weighted by Crippen LogP contribution is 2.19. The van der Waals surface area contributed by atoms with Crippen molar-refractivity contribution in [3.63, 3.8) is 0 Å². The van der Waals surface area contributed by atoms with Crippen molar-refractivity contribution in [2.45, 2.75) is 19.4 Å². The molecule has 1 unspecified atom stereocenters. The van der Waals surface area contributed by atoms with Gasteiger partial charge >= 0.3 is 0 Å². The van der Waals surface area contributed by atoms with Gasteiger partial charge in [-0.25, -0.2) is 0 Å². The number of rotatable bonds is 6. The molecule has 0 saturated heterocycles. The molecule has 0 aliphatic carbocycles. The fourth-order valence-corrected chi connectivity index (χ4v) is 3.23. The third-order valence-electron chi connectivity index (χ3n) is 3.75. The van der Waals surface area contributed by atoms with Crippen LogP contribution in [-0.2, 0) is 6.42 Å². The number of thiophene rings is 1. The van der Waals surface area contributed by atoms with Gasteiger partial charge in [-0.15, -0.1) is 11.3 Å². The average Bonchev–Trinajstić information content (AvgIpc) is 3.33. The molecule has 0 radical (unpaired) electrons. The molecule has 0 aliphatic rings. The Kier molecular flexibility index (Phi) is 6.25. The molecule has 2 N–H and O–H groups in total. The Hall–Kier alpha value is -2.38. The van der Waals surface area contributed by atoms with Gasteiger partial charge in [-0.2, -0.15) is 4.98 Å². The topological polar surface area (TPSA) is 75.3 Å². The highest BCUT2D eigenvalue weighted by atomic mass is 35.5. The fourth-order valence-electron chi connectivity index (χ4n) is 2.37. The van der Waals surface area contributed by atoms with Crippen LogP contribution in [0.5, 0.6) is 0 Å². The molecule has 2 heterocycles. The molecule has 1 atom stereocenters. The summed E-state index contributed by atoms with van der Waals surface area (Å²) in [5.41, 5.74) is 0.875. The minimum atomic E-state index is 0.195. The van der Waals surface area contributed by atoms with E-state index in [4.69, 9.17) is 16.1 Å². The van der Waals surface area contributed by atoms with Crippen LogP contribution < -0.4 is 10.6 Å². The molecule has 0 saturated carbocycles. The average molecular weight is 390 g/mol. The van der Waals surface area contributed by atoms with Crippen LogP contribution in [0, 0.1) is 0 Å². The van der Waals surface area contributed by atoms with E-state index in [2.05, 4.69) is 44.1 Å². The Balaban J connectivity index is 1.50. The molecule has 0 aliphatic heterocycles. The Labute approximate surface area is 161 Å². The van der Waals surface area contributed by atoms with E-state index in [-0.39, 0.29) is 6.04 Å². The van der Waals surface area contributed by atoms with E-state index in [1.54, 1.807) is 30.5 Å². The molecule has 0 amide bonds. The molecule has 0 spiro atoms. The number of hydrogen-bond donors (Lipinski definition) is 2. The van der Waals surface area contributed by atoms with Gasteiger partial charge in [0.2, 0.25) is 11.7 Å². The van der Waals surface area contributed by atoms with Crippen molar-refractivity contribution >= 4 is 28.9 Å². The zero-order valence-electron chi connectivity index (χ0n) is 14.6.